The van der Waals surface area contributed by atoms with Crippen LogP contribution in [-0.4, -0.2) is 59.4 Å². The van der Waals surface area contributed by atoms with E-state index in [0.717, 1.165) is 44.4 Å². The van der Waals surface area contributed by atoms with Gasteiger partial charge in [-0.15, -0.1) is 0 Å². The van der Waals surface area contributed by atoms with Crippen molar-refractivity contribution in [1.82, 2.24) is 14.8 Å². The third kappa shape index (κ3) is 3.78. The molecule has 150 valence electrons. The maximum atomic E-state index is 12.9. The molecule has 1 aromatic heterocycles. The summed E-state index contributed by atoms with van der Waals surface area (Å²) in [7, 11) is 0. The lowest BCUT2D eigenvalue weighted by Crippen LogP contribution is -2.45. The largest absolute Gasteiger partial charge is 0.466 e. The molecule has 0 unspecified atom stereocenters. The predicted octanol–water partition coefficient (Wildman–Crippen LogP) is 2.64. The van der Waals surface area contributed by atoms with Crippen molar-refractivity contribution >= 4 is 22.8 Å². The maximum Gasteiger partial charge on any atom is 0.309 e. The van der Waals surface area contributed by atoms with Gasteiger partial charge in [-0.25, -0.2) is 0 Å². The fraction of sp³-hybridized carbons (Fsp3) is 0.545. The van der Waals surface area contributed by atoms with Crippen LogP contribution in [0.3, 0.4) is 0 Å². The number of rotatable bonds is 4. The van der Waals surface area contributed by atoms with E-state index in [2.05, 4.69) is 35.0 Å². The van der Waals surface area contributed by atoms with Crippen molar-refractivity contribution in [3.05, 3.63) is 35.0 Å². The molecule has 0 atom stereocenters. The first-order valence-electron chi connectivity index (χ1n) is 10.3. The molecule has 1 saturated heterocycles. The lowest BCUT2D eigenvalue weighted by Gasteiger charge is -2.33. The number of nitrogens with zero attached hydrogens (tertiary/aromatic N) is 2. The number of likely N-dealkylation sites (tertiary alicyclic amines) is 1. The predicted molar refractivity (Wildman–Crippen MR) is 108 cm³/mol. The van der Waals surface area contributed by atoms with E-state index >= 15 is 0 Å². The minimum Gasteiger partial charge on any atom is -0.466 e. The molecule has 0 aliphatic carbocycles. The van der Waals surface area contributed by atoms with Gasteiger partial charge in [-0.2, -0.15) is 0 Å². The van der Waals surface area contributed by atoms with Gasteiger partial charge in [0, 0.05) is 41.7 Å². The molecule has 2 aliphatic heterocycles. The number of hydrogen-bond acceptors (Lipinski definition) is 4. The number of fused-ring (bicyclic) bond motifs is 3. The van der Waals surface area contributed by atoms with Gasteiger partial charge < -0.3 is 14.6 Å². The van der Waals surface area contributed by atoms with Gasteiger partial charge in [-0.1, -0.05) is 11.6 Å². The SMILES string of the molecule is CCOC(=O)C1CCN(CC(=O)N2CCc3[nH]c4ccc(C)cc4c3C2)CC1. The Morgan fingerprint density at radius 3 is 2.75 bits per heavy atom. The highest BCUT2D eigenvalue weighted by molar-refractivity contribution is 5.87. The van der Waals surface area contributed by atoms with Crippen LogP contribution in [0.15, 0.2) is 18.2 Å². The summed E-state index contributed by atoms with van der Waals surface area (Å²) in [6.45, 7) is 7.80. The minimum atomic E-state index is -0.0911. The number of esters is 1. The molecule has 1 N–H and O–H groups in total. The standard InChI is InChI=1S/C22H29N3O3/c1-3-28-22(27)16-6-9-24(10-7-16)14-21(26)25-11-8-20-18(13-25)17-12-15(2)4-5-19(17)23-20/h4-5,12,16,23H,3,6-11,13-14H2,1-2H3. The summed E-state index contributed by atoms with van der Waals surface area (Å²) < 4.78 is 5.13. The van der Waals surface area contributed by atoms with E-state index in [1.54, 1.807) is 0 Å². The number of nitrogens with one attached hydrogen (secondary N) is 1. The molecule has 3 heterocycles. The highest BCUT2D eigenvalue weighted by Gasteiger charge is 2.29. The van der Waals surface area contributed by atoms with Crippen molar-refractivity contribution in [3.63, 3.8) is 0 Å². The van der Waals surface area contributed by atoms with Crippen LogP contribution in [0.1, 0.15) is 36.6 Å². The van der Waals surface area contributed by atoms with E-state index in [1.807, 2.05) is 11.8 Å². The van der Waals surface area contributed by atoms with E-state index in [-0.39, 0.29) is 17.8 Å². The molecule has 0 spiro atoms. The summed E-state index contributed by atoms with van der Waals surface area (Å²) in [4.78, 5) is 32.5. The quantitative estimate of drug-likeness (QED) is 0.825. The van der Waals surface area contributed by atoms with Gasteiger partial charge in [0.05, 0.1) is 19.1 Å². The molecule has 0 radical (unpaired) electrons. The fourth-order valence-electron chi connectivity index (χ4n) is 4.42. The molecule has 4 rings (SSSR count). The average Bonchev–Trinajstić information content (AvgIpc) is 3.05. The lowest BCUT2D eigenvalue weighted by atomic mass is 9.97. The smallest absolute Gasteiger partial charge is 0.309 e. The van der Waals surface area contributed by atoms with Crippen molar-refractivity contribution in [2.75, 3.05) is 32.8 Å². The van der Waals surface area contributed by atoms with E-state index in [0.29, 0.717) is 19.7 Å². The van der Waals surface area contributed by atoms with Crippen LogP contribution < -0.4 is 0 Å². The highest BCUT2D eigenvalue weighted by atomic mass is 16.5. The number of hydrogen-bond donors (Lipinski definition) is 1. The fourth-order valence-corrected chi connectivity index (χ4v) is 4.42. The van der Waals surface area contributed by atoms with E-state index < -0.39 is 0 Å². The van der Waals surface area contributed by atoms with Crippen molar-refractivity contribution in [2.24, 2.45) is 5.92 Å². The van der Waals surface area contributed by atoms with Crippen LogP contribution in [0.25, 0.3) is 10.9 Å². The molecule has 1 amide bonds. The van der Waals surface area contributed by atoms with E-state index in [4.69, 9.17) is 4.74 Å². The molecule has 6 heteroatoms. The molecule has 6 nitrogen and oxygen atoms in total. The molecule has 0 bridgehead atoms. The topological polar surface area (TPSA) is 65.6 Å². The second-order valence-electron chi connectivity index (χ2n) is 8.00. The number of aromatic amines is 1. The zero-order valence-corrected chi connectivity index (χ0v) is 16.8. The zero-order chi connectivity index (χ0) is 19.7. The van der Waals surface area contributed by atoms with Gasteiger partial charge in [0.1, 0.15) is 0 Å². The van der Waals surface area contributed by atoms with Crippen LogP contribution in [-0.2, 0) is 27.3 Å². The Labute approximate surface area is 165 Å². The summed E-state index contributed by atoms with van der Waals surface area (Å²) in [5.41, 5.74) is 4.92. The van der Waals surface area contributed by atoms with Gasteiger partial charge in [0.15, 0.2) is 0 Å². The number of benzene rings is 1. The average molecular weight is 383 g/mol. The van der Waals surface area contributed by atoms with Crippen LogP contribution in [0.5, 0.6) is 0 Å². The van der Waals surface area contributed by atoms with Gasteiger partial charge >= 0.3 is 5.97 Å². The van der Waals surface area contributed by atoms with Crippen molar-refractivity contribution in [2.45, 2.75) is 39.7 Å². The molecule has 0 saturated carbocycles. The maximum absolute atomic E-state index is 12.9. The zero-order valence-electron chi connectivity index (χ0n) is 16.8. The Kier molecular flexibility index (Phi) is 5.40. The Hall–Kier alpha value is -2.34. The molecule has 1 fully saturated rings. The van der Waals surface area contributed by atoms with Crippen LogP contribution in [0.4, 0.5) is 0 Å². The summed E-state index contributed by atoms with van der Waals surface area (Å²) in [6.07, 6.45) is 2.43. The second kappa shape index (κ2) is 7.95. The first-order valence-corrected chi connectivity index (χ1v) is 10.3. The van der Waals surface area contributed by atoms with Crippen LogP contribution in [0, 0.1) is 12.8 Å². The number of ether oxygens (including phenoxy) is 1. The van der Waals surface area contributed by atoms with Crippen LogP contribution in [0.2, 0.25) is 0 Å². The second-order valence-corrected chi connectivity index (χ2v) is 8.00. The summed E-state index contributed by atoms with van der Waals surface area (Å²) in [5, 5.41) is 1.24. The normalized spacial score (nSPS) is 18.3. The number of carbonyl (C=O) groups excluding carboxylic acids is 2. The Morgan fingerprint density at radius 2 is 2.00 bits per heavy atom. The third-order valence-corrected chi connectivity index (χ3v) is 6.05. The van der Waals surface area contributed by atoms with Gasteiger partial charge in [-0.05, 0) is 51.9 Å². The first-order chi connectivity index (χ1) is 13.5. The number of carbonyl (C=O) groups is 2. The molecule has 2 aliphatic rings. The van der Waals surface area contributed by atoms with Crippen molar-refractivity contribution in [3.8, 4) is 0 Å². The number of aryl methyl sites for hydroxylation is 1. The highest BCUT2D eigenvalue weighted by Crippen LogP contribution is 2.28. The van der Waals surface area contributed by atoms with E-state index in [1.165, 1.54) is 22.2 Å². The summed E-state index contributed by atoms with van der Waals surface area (Å²) >= 11 is 0. The molecule has 28 heavy (non-hydrogen) atoms. The monoisotopic (exact) mass is 383 g/mol. The molecule has 1 aromatic carbocycles. The number of H-pyrrole nitrogens is 1. The Balaban J connectivity index is 1.36. The lowest BCUT2D eigenvalue weighted by molar-refractivity contribution is -0.149. The molecular formula is C22H29N3O3. The van der Waals surface area contributed by atoms with Crippen molar-refractivity contribution in [1.29, 1.82) is 0 Å². The molecular weight excluding hydrogens is 354 g/mol. The Morgan fingerprint density at radius 1 is 1.21 bits per heavy atom. The summed E-state index contributed by atoms with van der Waals surface area (Å²) in [5.74, 6) is 0.0761. The van der Waals surface area contributed by atoms with Crippen molar-refractivity contribution < 1.29 is 14.3 Å². The van der Waals surface area contributed by atoms with Gasteiger partial charge in [0.2, 0.25) is 5.91 Å². The summed E-state index contributed by atoms with van der Waals surface area (Å²) in [6, 6.07) is 6.45. The van der Waals surface area contributed by atoms with Crippen LogP contribution >= 0.6 is 0 Å². The first kappa shape index (κ1) is 19.0. The van der Waals surface area contributed by atoms with Gasteiger partial charge in [0.25, 0.3) is 0 Å². The molecule has 2 aromatic rings. The third-order valence-electron chi connectivity index (χ3n) is 6.05. The number of piperidine rings is 1. The number of amides is 1. The number of aromatic nitrogens is 1. The minimum absolute atomic E-state index is 0.0155. The van der Waals surface area contributed by atoms with E-state index in [9.17, 15) is 9.59 Å². The van der Waals surface area contributed by atoms with Gasteiger partial charge in [-0.3, -0.25) is 14.5 Å². The Bertz CT molecular complexity index is 881.